The Kier molecular flexibility index (Phi) is 5.11. The summed E-state index contributed by atoms with van der Waals surface area (Å²) in [5, 5.41) is 1.66. The van der Waals surface area contributed by atoms with E-state index in [1.165, 1.54) is 6.07 Å². The van der Waals surface area contributed by atoms with Crippen LogP contribution >= 0.6 is 11.3 Å². The summed E-state index contributed by atoms with van der Waals surface area (Å²) in [5.41, 5.74) is 6.33. The predicted molar refractivity (Wildman–Crippen MR) is 82.4 cm³/mol. The van der Waals surface area contributed by atoms with Crippen molar-refractivity contribution in [2.45, 2.75) is 23.1 Å². The molecule has 0 radical (unpaired) electrons. The molecule has 1 unspecified atom stereocenters. The van der Waals surface area contributed by atoms with Crippen LogP contribution in [0.15, 0.2) is 52.1 Å². The lowest BCUT2D eigenvalue weighted by Crippen LogP contribution is -2.44. The zero-order valence-corrected chi connectivity index (χ0v) is 12.9. The topological polar surface area (TPSA) is 89.3 Å². The predicted octanol–water partition coefficient (Wildman–Crippen LogP) is 1.51. The Labute approximate surface area is 127 Å². The van der Waals surface area contributed by atoms with E-state index in [4.69, 9.17) is 5.73 Å². The van der Waals surface area contributed by atoms with Gasteiger partial charge in [0.1, 0.15) is 10.3 Å². The average Bonchev–Trinajstić information content (AvgIpc) is 2.99. The monoisotopic (exact) mass is 324 g/mol. The minimum atomic E-state index is -3.70. The molecule has 0 aliphatic carbocycles. The van der Waals surface area contributed by atoms with Crippen LogP contribution in [0.25, 0.3) is 0 Å². The Bertz CT molecular complexity index is 682. The highest BCUT2D eigenvalue weighted by Gasteiger charge is 2.24. The summed E-state index contributed by atoms with van der Waals surface area (Å²) in [7, 11) is -3.70. The fraction of sp³-hybridized carbons (Fsp3) is 0.214. The Balaban J connectivity index is 2.05. The zero-order valence-electron chi connectivity index (χ0n) is 11.2. The van der Waals surface area contributed by atoms with E-state index >= 15 is 0 Å². The van der Waals surface area contributed by atoms with Crippen LogP contribution in [0, 0.1) is 0 Å². The maximum atomic E-state index is 12.1. The van der Waals surface area contributed by atoms with Crippen molar-refractivity contribution in [2.75, 3.05) is 0 Å². The summed E-state index contributed by atoms with van der Waals surface area (Å²) in [6.45, 7) is 0. The number of benzene rings is 1. The number of hydrogen-bond donors (Lipinski definition) is 2. The molecule has 1 amide bonds. The van der Waals surface area contributed by atoms with Crippen LogP contribution in [0.2, 0.25) is 0 Å². The first-order valence-corrected chi connectivity index (χ1v) is 8.74. The highest BCUT2D eigenvalue weighted by atomic mass is 32.2. The second kappa shape index (κ2) is 6.84. The van der Waals surface area contributed by atoms with Crippen molar-refractivity contribution in [3.63, 3.8) is 0 Å². The first-order chi connectivity index (χ1) is 9.99. The second-order valence-electron chi connectivity index (χ2n) is 4.53. The number of nitrogens with one attached hydrogen (secondary N) is 1. The minimum Gasteiger partial charge on any atom is -0.368 e. The largest absolute Gasteiger partial charge is 0.368 e. The first kappa shape index (κ1) is 15.7. The van der Waals surface area contributed by atoms with Gasteiger partial charge in [0.25, 0.3) is 10.0 Å². The second-order valence-corrected chi connectivity index (χ2v) is 7.42. The molecule has 0 bridgehead atoms. The average molecular weight is 324 g/mol. The molecular formula is C14H16N2O3S2. The molecule has 1 aromatic carbocycles. The van der Waals surface area contributed by atoms with E-state index in [-0.39, 0.29) is 4.21 Å². The number of rotatable bonds is 7. The number of primary amides is 1. The molecule has 2 rings (SSSR count). The van der Waals surface area contributed by atoms with Gasteiger partial charge in [-0.3, -0.25) is 4.79 Å². The smallest absolute Gasteiger partial charge is 0.250 e. The van der Waals surface area contributed by atoms with Crippen molar-refractivity contribution in [1.29, 1.82) is 0 Å². The van der Waals surface area contributed by atoms with Crippen molar-refractivity contribution in [2.24, 2.45) is 5.73 Å². The van der Waals surface area contributed by atoms with Gasteiger partial charge in [-0.15, -0.1) is 11.3 Å². The minimum absolute atomic E-state index is 0.175. The first-order valence-electron chi connectivity index (χ1n) is 6.38. The van der Waals surface area contributed by atoms with E-state index in [2.05, 4.69) is 4.72 Å². The zero-order chi connectivity index (χ0) is 15.3. The van der Waals surface area contributed by atoms with Gasteiger partial charge in [-0.1, -0.05) is 36.4 Å². The van der Waals surface area contributed by atoms with Crippen LogP contribution in [-0.2, 0) is 21.2 Å². The molecule has 0 aliphatic heterocycles. The third-order valence-electron chi connectivity index (χ3n) is 2.97. The third kappa shape index (κ3) is 4.38. The molecule has 0 fully saturated rings. The van der Waals surface area contributed by atoms with Crippen LogP contribution in [0.4, 0.5) is 0 Å². The van der Waals surface area contributed by atoms with E-state index in [0.717, 1.165) is 16.9 Å². The van der Waals surface area contributed by atoms with Crippen molar-refractivity contribution in [3.05, 3.63) is 53.4 Å². The van der Waals surface area contributed by atoms with Gasteiger partial charge in [0.2, 0.25) is 5.91 Å². The SMILES string of the molecule is NC(=O)C(CCc1ccccc1)NS(=O)(=O)c1cccs1. The normalized spacial score (nSPS) is 13.0. The van der Waals surface area contributed by atoms with Gasteiger partial charge in [-0.2, -0.15) is 4.72 Å². The summed E-state index contributed by atoms with van der Waals surface area (Å²) in [6, 6.07) is 11.7. The lowest BCUT2D eigenvalue weighted by molar-refractivity contribution is -0.119. The molecule has 1 atom stereocenters. The van der Waals surface area contributed by atoms with Crippen molar-refractivity contribution in [1.82, 2.24) is 4.72 Å². The summed E-state index contributed by atoms with van der Waals surface area (Å²) >= 11 is 1.10. The Morgan fingerprint density at radius 2 is 1.90 bits per heavy atom. The van der Waals surface area contributed by atoms with Gasteiger partial charge >= 0.3 is 0 Å². The Morgan fingerprint density at radius 3 is 2.48 bits per heavy atom. The summed E-state index contributed by atoms with van der Waals surface area (Å²) in [5.74, 6) is -0.675. The highest BCUT2D eigenvalue weighted by Crippen LogP contribution is 2.16. The summed E-state index contributed by atoms with van der Waals surface area (Å²) < 4.78 is 26.8. The fourth-order valence-electron chi connectivity index (χ4n) is 1.88. The lowest BCUT2D eigenvalue weighted by atomic mass is 10.1. The molecule has 21 heavy (non-hydrogen) atoms. The van der Waals surface area contributed by atoms with Gasteiger partial charge in [-0.25, -0.2) is 8.42 Å². The van der Waals surface area contributed by atoms with Gasteiger partial charge in [0.05, 0.1) is 0 Å². The molecule has 3 N–H and O–H groups in total. The summed E-state index contributed by atoms with van der Waals surface area (Å²) in [6.07, 6.45) is 0.894. The van der Waals surface area contributed by atoms with Gasteiger partial charge in [0, 0.05) is 0 Å². The molecule has 0 saturated heterocycles. The van der Waals surface area contributed by atoms with E-state index < -0.39 is 22.0 Å². The van der Waals surface area contributed by atoms with Crippen LogP contribution in [0.3, 0.4) is 0 Å². The molecule has 0 spiro atoms. The molecular weight excluding hydrogens is 308 g/mol. The molecule has 0 aliphatic rings. The molecule has 1 aromatic heterocycles. The number of nitrogens with two attached hydrogens (primary N) is 1. The Morgan fingerprint density at radius 1 is 1.19 bits per heavy atom. The van der Waals surface area contributed by atoms with Crippen molar-refractivity contribution >= 4 is 27.3 Å². The maximum Gasteiger partial charge on any atom is 0.250 e. The van der Waals surface area contributed by atoms with E-state index in [0.29, 0.717) is 12.8 Å². The number of thiophene rings is 1. The molecule has 0 saturated carbocycles. The highest BCUT2D eigenvalue weighted by molar-refractivity contribution is 7.91. The number of carbonyl (C=O) groups is 1. The van der Waals surface area contributed by atoms with Gasteiger partial charge in [0.15, 0.2) is 0 Å². The standard InChI is InChI=1S/C14H16N2O3S2/c15-14(17)12(9-8-11-5-2-1-3-6-11)16-21(18,19)13-7-4-10-20-13/h1-7,10,12,16H,8-9H2,(H2,15,17). The number of aryl methyl sites for hydroxylation is 1. The number of sulfonamides is 1. The number of hydrogen-bond acceptors (Lipinski definition) is 4. The lowest BCUT2D eigenvalue weighted by Gasteiger charge is -2.15. The fourth-order valence-corrected chi connectivity index (χ4v) is 4.13. The van der Waals surface area contributed by atoms with Crippen LogP contribution in [0.5, 0.6) is 0 Å². The summed E-state index contributed by atoms with van der Waals surface area (Å²) in [4.78, 5) is 11.5. The van der Waals surface area contributed by atoms with Gasteiger partial charge < -0.3 is 5.73 Å². The van der Waals surface area contributed by atoms with Crippen LogP contribution < -0.4 is 10.5 Å². The quantitative estimate of drug-likeness (QED) is 0.809. The van der Waals surface area contributed by atoms with E-state index in [9.17, 15) is 13.2 Å². The molecule has 112 valence electrons. The van der Waals surface area contributed by atoms with Crippen LogP contribution in [0.1, 0.15) is 12.0 Å². The molecule has 5 nitrogen and oxygen atoms in total. The maximum absolute atomic E-state index is 12.1. The molecule has 1 heterocycles. The van der Waals surface area contributed by atoms with Crippen LogP contribution in [-0.4, -0.2) is 20.4 Å². The number of carbonyl (C=O) groups excluding carboxylic acids is 1. The Hall–Kier alpha value is -1.70. The van der Waals surface area contributed by atoms with Crippen molar-refractivity contribution < 1.29 is 13.2 Å². The van der Waals surface area contributed by atoms with E-state index in [1.54, 1.807) is 11.4 Å². The number of amides is 1. The molecule has 2 aromatic rings. The van der Waals surface area contributed by atoms with Crippen molar-refractivity contribution in [3.8, 4) is 0 Å². The van der Waals surface area contributed by atoms with Gasteiger partial charge in [-0.05, 0) is 29.9 Å². The third-order valence-corrected chi connectivity index (χ3v) is 5.83. The van der Waals surface area contributed by atoms with E-state index in [1.807, 2.05) is 30.3 Å². The molecule has 7 heteroatoms.